The van der Waals surface area contributed by atoms with E-state index in [1.54, 1.807) is 0 Å². The van der Waals surface area contributed by atoms with Crippen LogP contribution < -0.4 is 16.4 Å². The van der Waals surface area contributed by atoms with Crippen molar-refractivity contribution in [3.8, 4) is 22.6 Å². The maximum Gasteiger partial charge on any atom is 0.417 e. The molecule has 36 heavy (non-hydrogen) atoms. The fourth-order valence-electron chi connectivity index (χ4n) is 3.30. The third kappa shape index (κ3) is 5.29. The normalized spacial score (nSPS) is 11.3. The van der Waals surface area contributed by atoms with Crippen LogP contribution in [-0.4, -0.2) is 42.9 Å². The SMILES string of the molecule is Nc1nc(NCCNc2ncc(-c3ncc[nH]3)c(-c3ccc(F)cc3C(F)(F)F)n2)ccc1[N+](=O)[O-]. The highest BCUT2D eigenvalue weighted by atomic mass is 19.4. The molecule has 4 aromatic rings. The van der Waals surface area contributed by atoms with Gasteiger partial charge in [-0.15, -0.1) is 0 Å². The van der Waals surface area contributed by atoms with Crippen molar-refractivity contribution in [3.05, 3.63) is 70.4 Å². The van der Waals surface area contributed by atoms with E-state index in [1.165, 1.54) is 30.7 Å². The Balaban J connectivity index is 1.57. The molecule has 0 bridgehead atoms. The van der Waals surface area contributed by atoms with Crippen molar-refractivity contribution in [2.75, 3.05) is 29.5 Å². The molecule has 0 saturated carbocycles. The van der Waals surface area contributed by atoms with Gasteiger partial charge in [-0.05, 0) is 24.3 Å². The quantitative estimate of drug-likeness (QED) is 0.120. The van der Waals surface area contributed by atoms with Crippen molar-refractivity contribution in [3.63, 3.8) is 0 Å². The number of aromatic amines is 1. The molecule has 0 unspecified atom stereocenters. The number of halogens is 4. The number of hydrogen-bond donors (Lipinski definition) is 4. The summed E-state index contributed by atoms with van der Waals surface area (Å²) in [6, 6.07) is 4.92. The summed E-state index contributed by atoms with van der Waals surface area (Å²) < 4.78 is 54.7. The number of rotatable bonds is 8. The molecule has 4 rings (SSSR count). The van der Waals surface area contributed by atoms with E-state index in [4.69, 9.17) is 5.73 Å². The topological polar surface area (TPSA) is 161 Å². The predicted molar refractivity (Wildman–Crippen MR) is 122 cm³/mol. The Labute approximate surface area is 200 Å². The molecular formula is C21H17F4N9O2. The molecule has 3 aromatic heterocycles. The van der Waals surface area contributed by atoms with E-state index in [0.717, 1.165) is 12.1 Å². The van der Waals surface area contributed by atoms with Crippen molar-refractivity contribution in [1.82, 2.24) is 24.9 Å². The average molecular weight is 503 g/mol. The van der Waals surface area contributed by atoms with E-state index in [0.29, 0.717) is 6.07 Å². The second-order valence-corrected chi connectivity index (χ2v) is 7.29. The first-order chi connectivity index (χ1) is 17.1. The third-order valence-electron chi connectivity index (χ3n) is 4.90. The lowest BCUT2D eigenvalue weighted by Crippen LogP contribution is -2.16. The molecule has 0 aliphatic carbocycles. The molecule has 15 heteroatoms. The molecule has 186 valence electrons. The third-order valence-corrected chi connectivity index (χ3v) is 4.90. The largest absolute Gasteiger partial charge is 0.417 e. The van der Waals surface area contributed by atoms with Gasteiger partial charge in [0.05, 0.1) is 21.7 Å². The Morgan fingerprint density at radius 2 is 1.83 bits per heavy atom. The summed E-state index contributed by atoms with van der Waals surface area (Å²) in [5, 5.41) is 16.6. The van der Waals surface area contributed by atoms with E-state index >= 15 is 0 Å². The Morgan fingerprint density at radius 3 is 2.50 bits per heavy atom. The van der Waals surface area contributed by atoms with Crippen molar-refractivity contribution in [2.24, 2.45) is 0 Å². The summed E-state index contributed by atoms with van der Waals surface area (Å²) in [5.74, 6) is -0.757. The number of imidazole rings is 1. The monoisotopic (exact) mass is 503 g/mol. The molecule has 3 heterocycles. The first kappa shape index (κ1) is 24.3. The highest BCUT2D eigenvalue weighted by molar-refractivity contribution is 5.79. The highest BCUT2D eigenvalue weighted by Crippen LogP contribution is 2.39. The Hall–Kier alpha value is -4.82. The van der Waals surface area contributed by atoms with E-state index in [9.17, 15) is 27.7 Å². The summed E-state index contributed by atoms with van der Waals surface area (Å²) in [7, 11) is 0. The molecule has 0 fully saturated rings. The lowest BCUT2D eigenvalue weighted by Gasteiger charge is -2.16. The number of nitrogens with zero attached hydrogens (tertiary/aromatic N) is 5. The van der Waals surface area contributed by atoms with Crippen LogP contribution in [0.2, 0.25) is 0 Å². The molecule has 1 aromatic carbocycles. The number of nitrogens with two attached hydrogens (primary N) is 1. The number of nitro groups is 1. The summed E-state index contributed by atoms with van der Waals surface area (Å²) in [4.78, 5) is 29.3. The summed E-state index contributed by atoms with van der Waals surface area (Å²) in [6.45, 7) is 0.445. The standard InChI is InChI=1S/C21H17F4N9O2/c22-11-1-2-12(14(9-11)21(23,24)25)17-13(19-28-6-7-29-19)10-31-20(33-17)30-8-5-27-16-4-3-15(34(35)36)18(26)32-16/h1-4,6-7,9-10H,5,8H2,(H,28,29)(H3,26,27,32)(H,30,31,33). The second kappa shape index (κ2) is 9.81. The van der Waals surface area contributed by atoms with Crippen molar-refractivity contribution >= 4 is 23.3 Å². The molecule has 0 aliphatic heterocycles. The maximum atomic E-state index is 13.7. The fraction of sp³-hybridized carbons (Fsp3) is 0.143. The van der Waals surface area contributed by atoms with Crippen LogP contribution in [0.15, 0.2) is 48.9 Å². The van der Waals surface area contributed by atoms with E-state index in [1.807, 2.05) is 0 Å². The van der Waals surface area contributed by atoms with Crippen molar-refractivity contribution in [2.45, 2.75) is 6.18 Å². The predicted octanol–water partition coefficient (Wildman–Crippen LogP) is 4.10. The van der Waals surface area contributed by atoms with Gasteiger partial charge < -0.3 is 21.4 Å². The molecule has 5 N–H and O–H groups in total. The zero-order chi connectivity index (χ0) is 25.9. The molecular weight excluding hydrogens is 486 g/mol. The molecule has 0 aliphatic rings. The number of hydrogen-bond acceptors (Lipinski definition) is 9. The lowest BCUT2D eigenvalue weighted by atomic mass is 10.00. The number of nitrogens with one attached hydrogen (secondary N) is 3. The summed E-state index contributed by atoms with van der Waals surface area (Å²) >= 11 is 0. The van der Waals surface area contributed by atoms with Gasteiger partial charge in [0.25, 0.3) is 0 Å². The number of anilines is 3. The van der Waals surface area contributed by atoms with Crippen LogP contribution in [0.4, 0.5) is 40.8 Å². The maximum absolute atomic E-state index is 13.7. The van der Waals surface area contributed by atoms with Gasteiger partial charge in [-0.1, -0.05) is 0 Å². The Morgan fingerprint density at radius 1 is 1.06 bits per heavy atom. The van der Waals surface area contributed by atoms with Crippen LogP contribution in [0.5, 0.6) is 0 Å². The van der Waals surface area contributed by atoms with Gasteiger partial charge in [0, 0.05) is 43.3 Å². The van der Waals surface area contributed by atoms with Gasteiger partial charge >= 0.3 is 11.9 Å². The van der Waals surface area contributed by atoms with Crippen molar-refractivity contribution in [1.29, 1.82) is 0 Å². The van der Waals surface area contributed by atoms with Gasteiger partial charge in [0.15, 0.2) is 0 Å². The Bertz CT molecular complexity index is 1390. The summed E-state index contributed by atoms with van der Waals surface area (Å²) in [5.41, 5.74) is 3.78. The van der Waals surface area contributed by atoms with Gasteiger partial charge in [0.1, 0.15) is 17.5 Å². The molecule has 0 amide bonds. The second-order valence-electron chi connectivity index (χ2n) is 7.29. The lowest BCUT2D eigenvalue weighted by molar-refractivity contribution is -0.384. The van der Waals surface area contributed by atoms with E-state index in [2.05, 4.69) is 35.6 Å². The van der Waals surface area contributed by atoms with E-state index < -0.39 is 22.5 Å². The number of H-pyrrole nitrogens is 1. The van der Waals surface area contributed by atoms with Gasteiger partial charge in [0.2, 0.25) is 11.8 Å². The van der Waals surface area contributed by atoms with E-state index in [-0.39, 0.29) is 59.0 Å². The number of pyridine rings is 1. The first-order valence-corrected chi connectivity index (χ1v) is 10.3. The van der Waals surface area contributed by atoms with Gasteiger partial charge in [-0.2, -0.15) is 13.2 Å². The van der Waals surface area contributed by atoms with Crippen LogP contribution in [-0.2, 0) is 6.18 Å². The molecule has 11 nitrogen and oxygen atoms in total. The summed E-state index contributed by atoms with van der Waals surface area (Å²) in [6.07, 6.45) is -0.616. The minimum absolute atomic E-state index is 0.00993. The molecule has 0 radical (unpaired) electrons. The van der Waals surface area contributed by atoms with Gasteiger partial charge in [-0.3, -0.25) is 10.1 Å². The van der Waals surface area contributed by atoms with Crippen LogP contribution in [0.3, 0.4) is 0 Å². The van der Waals surface area contributed by atoms with Crippen LogP contribution in [0.1, 0.15) is 5.56 Å². The number of aromatic nitrogens is 5. The van der Waals surface area contributed by atoms with Gasteiger partial charge in [-0.25, -0.2) is 24.3 Å². The first-order valence-electron chi connectivity index (χ1n) is 10.3. The Kier molecular flexibility index (Phi) is 6.62. The molecule has 0 atom stereocenters. The van der Waals surface area contributed by atoms with Crippen molar-refractivity contribution < 1.29 is 22.5 Å². The van der Waals surface area contributed by atoms with Crippen LogP contribution in [0.25, 0.3) is 22.6 Å². The van der Waals surface area contributed by atoms with Crippen LogP contribution >= 0.6 is 0 Å². The molecule has 0 saturated heterocycles. The number of nitrogen functional groups attached to an aromatic ring is 1. The average Bonchev–Trinajstić information content (AvgIpc) is 3.36. The zero-order valence-corrected chi connectivity index (χ0v) is 18.2. The smallest absolute Gasteiger partial charge is 0.378 e. The minimum atomic E-state index is -4.83. The fourth-order valence-corrected chi connectivity index (χ4v) is 3.30. The number of alkyl halides is 3. The van der Waals surface area contributed by atoms with Crippen LogP contribution in [0, 0.1) is 15.9 Å². The number of benzene rings is 1. The zero-order valence-electron chi connectivity index (χ0n) is 18.2. The molecule has 0 spiro atoms. The highest BCUT2D eigenvalue weighted by Gasteiger charge is 2.35. The minimum Gasteiger partial charge on any atom is -0.378 e.